The Morgan fingerprint density at radius 1 is 1.33 bits per heavy atom. The lowest BCUT2D eigenvalue weighted by Gasteiger charge is -2.32. The van der Waals surface area contributed by atoms with Gasteiger partial charge in [0.1, 0.15) is 0 Å². The molecule has 0 aromatic rings. The predicted octanol–water partition coefficient (Wildman–Crippen LogP) is 0.950. The van der Waals surface area contributed by atoms with Crippen molar-refractivity contribution >= 4 is 17.7 Å². The van der Waals surface area contributed by atoms with E-state index in [1.54, 1.807) is 0 Å². The first kappa shape index (κ1) is 11.3. The van der Waals surface area contributed by atoms with Gasteiger partial charge in [0, 0.05) is 19.6 Å². The number of carbonyl (C=O) groups is 1. The fraction of sp³-hybridized carbons (Fsp3) is 0.909. The zero-order valence-corrected chi connectivity index (χ0v) is 10.2. The number of nitrogens with zero attached hydrogens (tertiary/aromatic N) is 1. The molecule has 2 fully saturated rings. The number of hydrogen-bond donors (Lipinski definition) is 1. The summed E-state index contributed by atoms with van der Waals surface area (Å²) in [7, 11) is 1.99. The number of rotatable bonds is 2. The van der Waals surface area contributed by atoms with E-state index in [0.29, 0.717) is 11.9 Å². The van der Waals surface area contributed by atoms with Crippen LogP contribution in [0.3, 0.4) is 0 Å². The highest BCUT2D eigenvalue weighted by atomic mass is 32.2. The van der Waals surface area contributed by atoms with Crippen LogP contribution in [0, 0.1) is 5.92 Å². The van der Waals surface area contributed by atoms with E-state index in [1.165, 1.54) is 24.3 Å². The number of thioether (sulfide) groups is 1. The molecule has 0 unspecified atom stereocenters. The summed E-state index contributed by atoms with van der Waals surface area (Å²) < 4.78 is 0. The molecule has 0 radical (unpaired) electrons. The fourth-order valence-corrected chi connectivity index (χ4v) is 3.49. The van der Waals surface area contributed by atoms with Crippen molar-refractivity contribution in [3.8, 4) is 0 Å². The van der Waals surface area contributed by atoms with Gasteiger partial charge in [-0.1, -0.05) is 0 Å². The maximum absolute atomic E-state index is 12.1. The van der Waals surface area contributed by atoms with Gasteiger partial charge in [-0.15, -0.1) is 0 Å². The maximum atomic E-state index is 12.1. The molecule has 86 valence electrons. The first-order valence-electron chi connectivity index (χ1n) is 5.84. The van der Waals surface area contributed by atoms with Crippen LogP contribution in [0.2, 0.25) is 0 Å². The van der Waals surface area contributed by atoms with Crippen molar-refractivity contribution in [3.63, 3.8) is 0 Å². The third-order valence-corrected chi connectivity index (χ3v) is 4.54. The minimum Gasteiger partial charge on any atom is -0.342 e. The van der Waals surface area contributed by atoms with E-state index in [-0.39, 0.29) is 5.92 Å². The Bertz CT molecular complexity index is 223. The van der Waals surface area contributed by atoms with Crippen molar-refractivity contribution in [2.45, 2.75) is 25.3 Å². The molecule has 2 heterocycles. The third kappa shape index (κ3) is 2.67. The average molecular weight is 228 g/mol. The standard InChI is InChI=1S/C11H20N2OS/c1-13(10-3-6-15-7-4-10)11(14)9-2-5-12-8-9/h9-10,12H,2-8H2,1H3/t9-/m0/s1. The number of hydrogen-bond acceptors (Lipinski definition) is 3. The van der Waals surface area contributed by atoms with Gasteiger partial charge in [0.15, 0.2) is 0 Å². The van der Waals surface area contributed by atoms with E-state index < -0.39 is 0 Å². The van der Waals surface area contributed by atoms with Crippen LogP contribution in [-0.4, -0.2) is 48.5 Å². The highest BCUT2D eigenvalue weighted by molar-refractivity contribution is 7.99. The highest BCUT2D eigenvalue weighted by Gasteiger charge is 2.29. The molecular formula is C11H20N2OS. The van der Waals surface area contributed by atoms with Gasteiger partial charge < -0.3 is 10.2 Å². The minimum atomic E-state index is 0.240. The number of amides is 1. The van der Waals surface area contributed by atoms with Crippen LogP contribution >= 0.6 is 11.8 Å². The van der Waals surface area contributed by atoms with E-state index >= 15 is 0 Å². The number of nitrogens with one attached hydrogen (secondary N) is 1. The van der Waals surface area contributed by atoms with Gasteiger partial charge in [0.25, 0.3) is 0 Å². The maximum Gasteiger partial charge on any atom is 0.227 e. The molecule has 0 bridgehead atoms. The third-order valence-electron chi connectivity index (χ3n) is 3.50. The summed E-state index contributed by atoms with van der Waals surface area (Å²) >= 11 is 2.01. The lowest BCUT2D eigenvalue weighted by Crippen LogP contribution is -2.42. The second-order valence-electron chi connectivity index (χ2n) is 4.48. The minimum absolute atomic E-state index is 0.240. The van der Waals surface area contributed by atoms with Gasteiger partial charge in [-0.3, -0.25) is 4.79 Å². The first-order valence-corrected chi connectivity index (χ1v) is 6.99. The second-order valence-corrected chi connectivity index (χ2v) is 5.71. The molecule has 2 saturated heterocycles. The smallest absolute Gasteiger partial charge is 0.227 e. The van der Waals surface area contributed by atoms with Crippen molar-refractivity contribution < 1.29 is 4.79 Å². The Labute approximate surface area is 96.0 Å². The zero-order chi connectivity index (χ0) is 10.7. The van der Waals surface area contributed by atoms with Crippen LogP contribution in [0.5, 0.6) is 0 Å². The Balaban J connectivity index is 1.87. The van der Waals surface area contributed by atoms with Gasteiger partial charge in [0.2, 0.25) is 5.91 Å². The molecule has 2 aliphatic rings. The Morgan fingerprint density at radius 2 is 2.07 bits per heavy atom. The lowest BCUT2D eigenvalue weighted by molar-refractivity contribution is -0.135. The molecule has 15 heavy (non-hydrogen) atoms. The van der Waals surface area contributed by atoms with Crippen molar-refractivity contribution in [3.05, 3.63) is 0 Å². The van der Waals surface area contributed by atoms with Crippen molar-refractivity contribution in [1.29, 1.82) is 0 Å². The molecule has 1 atom stereocenters. The summed E-state index contributed by atoms with van der Waals surface area (Å²) in [6.07, 6.45) is 3.37. The lowest BCUT2D eigenvalue weighted by atomic mass is 10.0. The van der Waals surface area contributed by atoms with Crippen LogP contribution in [0.15, 0.2) is 0 Å². The monoisotopic (exact) mass is 228 g/mol. The van der Waals surface area contributed by atoms with Crippen LogP contribution in [0.25, 0.3) is 0 Å². The van der Waals surface area contributed by atoms with Gasteiger partial charge in [-0.2, -0.15) is 11.8 Å². The first-order chi connectivity index (χ1) is 7.29. The summed E-state index contributed by atoms with van der Waals surface area (Å²) in [6.45, 7) is 1.88. The molecular weight excluding hydrogens is 208 g/mol. The van der Waals surface area contributed by atoms with Gasteiger partial charge in [-0.05, 0) is 37.3 Å². The molecule has 0 aliphatic carbocycles. The zero-order valence-electron chi connectivity index (χ0n) is 9.37. The quantitative estimate of drug-likeness (QED) is 0.764. The molecule has 1 N–H and O–H groups in total. The molecule has 0 aromatic carbocycles. The SMILES string of the molecule is CN(C(=O)[C@H]1CCNC1)C1CCSCC1. The van der Waals surface area contributed by atoms with E-state index in [9.17, 15) is 4.79 Å². The van der Waals surface area contributed by atoms with Crippen LogP contribution in [-0.2, 0) is 4.79 Å². The summed E-state index contributed by atoms with van der Waals surface area (Å²) in [5, 5.41) is 3.26. The average Bonchev–Trinajstić information content (AvgIpc) is 2.82. The molecule has 4 heteroatoms. The normalized spacial score (nSPS) is 27.9. The molecule has 2 aliphatic heterocycles. The summed E-state index contributed by atoms with van der Waals surface area (Å²) in [4.78, 5) is 14.1. The van der Waals surface area contributed by atoms with Crippen molar-refractivity contribution in [2.24, 2.45) is 5.92 Å². The van der Waals surface area contributed by atoms with E-state index in [1.807, 2.05) is 23.7 Å². The Morgan fingerprint density at radius 3 is 2.67 bits per heavy atom. The molecule has 0 saturated carbocycles. The summed E-state index contributed by atoms with van der Waals surface area (Å²) in [5.41, 5.74) is 0. The van der Waals surface area contributed by atoms with E-state index in [4.69, 9.17) is 0 Å². The fourth-order valence-electron chi connectivity index (χ4n) is 2.41. The highest BCUT2D eigenvalue weighted by Crippen LogP contribution is 2.23. The largest absolute Gasteiger partial charge is 0.342 e. The van der Waals surface area contributed by atoms with Crippen LogP contribution in [0.4, 0.5) is 0 Å². The summed E-state index contributed by atoms with van der Waals surface area (Å²) in [6, 6.07) is 0.499. The second kappa shape index (κ2) is 5.21. The number of carbonyl (C=O) groups excluding carboxylic acids is 1. The molecule has 0 spiro atoms. The van der Waals surface area contributed by atoms with E-state index in [0.717, 1.165) is 19.5 Å². The van der Waals surface area contributed by atoms with E-state index in [2.05, 4.69) is 5.32 Å². The molecule has 2 rings (SSSR count). The van der Waals surface area contributed by atoms with Crippen molar-refractivity contribution in [2.75, 3.05) is 31.6 Å². The van der Waals surface area contributed by atoms with Crippen LogP contribution < -0.4 is 5.32 Å². The predicted molar refractivity (Wildman–Crippen MR) is 64.1 cm³/mol. The Hall–Kier alpha value is -0.220. The summed E-state index contributed by atoms with van der Waals surface area (Å²) in [5.74, 6) is 3.03. The molecule has 0 aromatic heterocycles. The molecule has 1 amide bonds. The van der Waals surface area contributed by atoms with Crippen molar-refractivity contribution in [1.82, 2.24) is 10.2 Å². The van der Waals surface area contributed by atoms with Gasteiger partial charge in [0.05, 0.1) is 5.92 Å². The van der Waals surface area contributed by atoms with Gasteiger partial charge >= 0.3 is 0 Å². The van der Waals surface area contributed by atoms with Gasteiger partial charge in [-0.25, -0.2) is 0 Å². The Kier molecular flexibility index (Phi) is 3.92. The molecule has 3 nitrogen and oxygen atoms in total. The van der Waals surface area contributed by atoms with Crippen LogP contribution in [0.1, 0.15) is 19.3 Å². The topological polar surface area (TPSA) is 32.3 Å².